The van der Waals surface area contributed by atoms with Crippen LogP contribution in [0.5, 0.6) is 0 Å². The summed E-state index contributed by atoms with van der Waals surface area (Å²) in [6.45, 7) is -0.540. The molecule has 0 atom stereocenters. The summed E-state index contributed by atoms with van der Waals surface area (Å²) in [7, 11) is 0. The molecule has 2 amide bonds. The molecule has 0 heterocycles. The van der Waals surface area contributed by atoms with Crippen molar-refractivity contribution in [3.05, 3.63) is 59.1 Å². The van der Waals surface area contributed by atoms with Gasteiger partial charge in [-0.25, -0.2) is 0 Å². The summed E-state index contributed by atoms with van der Waals surface area (Å²) < 4.78 is 37.9. The quantitative estimate of drug-likeness (QED) is 0.712. The van der Waals surface area contributed by atoms with Crippen molar-refractivity contribution in [3.8, 4) is 0 Å². The molecule has 0 aliphatic carbocycles. The Morgan fingerprint density at radius 1 is 0.923 bits per heavy atom. The number of nitrogens with one attached hydrogen (secondary N) is 3. The Kier molecular flexibility index (Phi) is 6.46. The molecule has 0 bridgehead atoms. The third-order valence-electron chi connectivity index (χ3n) is 3.22. The number of halogens is 4. The summed E-state index contributed by atoms with van der Waals surface area (Å²) in [6.07, 6.45) is -4.46. The fourth-order valence-corrected chi connectivity index (χ4v) is 2.09. The zero-order valence-electron chi connectivity index (χ0n) is 13.4. The summed E-state index contributed by atoms with van der Waals surface area (Å²) in [5.41, 5.74) is -0.137. The number of benzene rings is 2. The molecule has 138 valence electrons. The number of anilines is 2. The zero-order chi connectivity index (χ0) is 19.2. The van der Waals surface area contributed by atoms with Crippen molar-refractivity contribution < 1.29 is 22.8 Å². The highest BCUT2D eigenvalue weighted by atomic mass is 35.5. The lowest BCUT2D eigenvalue weighted by atomic mass is 10.2. The first kappa shape index (κ1) is 19.6. The van der Waals surface area contributed by atoms with Crippen LogP contribution in [0.2, 0.25) is 5.02 Å². The van der Waals surface area contributed by atoms with E-state index in [1.807, 2.05) is 0 Å². The minimum atomic E-state index is -4.46. The van der Waals surface area contributed by atoms with Gasteiger partial charge in [0.2, 0.25) is 11.8 Å². The van der Waals surface area contributed by atoms with Gasteiger partial charge in [-0.15, -0.1) is 0 Å². The van der Waals surface area contributed by atoms with Gasteiger partial charge in [-0.2, -0.15) is 13.2 Å². The van der Waals surface area contributed by atoms with Gasteiger partial charge in [-0.05, 0) is 42.5 Å². The molecule has 2 rings (SSSR count). The lowest BCUT2D eigenvalue weighted by Gasteiger charge is -2.11. The van der Waals surface area contributed by atoms with Crippen LogP contribution in [-0.2, 0) is 15.8 Å². The van der Waals surface area contributed by atoms with Gasteiger partial charge in [0.25, 0.3) is 0 Å². The second kappa shape index (κ2) is 8.57. The van der Waals surface area contributed by atoms with E-state index in [1.54, 1.807) is 24.3 Å². The summed E-state index contributed by atoms with van der Waals surface area (Å²) in [5.74, 6) is -0.978. The first-order valence-electron chi connectivity index (χ1n) is 7.47. The van der Waals surface area contributed by atoms with Gasteiger partial charge >= 0.3 is 6.18 Å². The maximum absolute atomic E-state index is 12.6. The highest BCUT2D eigenvalue weighted by Gasteiger charge is 2.30. The van der Waals surface area contributed by atoms with E-state index < -0.39 is 23.6 Å². The van der Waals surface area contributed by atoms with E-state index >= 15 is 0 Å². The van der Waals surface area contributed by atoms with Crippen LogP contribution in [-0.4, -0.2) is 24.9 Å². The molecule has 2 aromatic rings. The molecule has 3 N–H and O–H groups in total. The summed E-state index contributed by atoms with van der Waals surface area (Å²) in [4.78, 5) is 23.4. The third kappa shape index (κ3) is 6.29. The number of hydrogen-bond donors (Lipinski definition) is 3. The summed E-state index contributed by atoms with van der Waals surface area (Å²) in [6, 6.07) is 10.9. The summed E-state index contributed by atoms with van der Waals surface area (Å²) in [5, 5.41) is 8.04. The molecule has 0 unspecified atom stereocenters. The maximum Gasteiger partial charge on any atom is 0.416 e. The molecule has 26 heavy (non-hydrogen) atoms. The molecule has 0 radical (unpaired) electrons. The average molecular weight is 386 g/mol. The molecule has 0 aromatic heterocycles. The predicted molar refractivity (Wildman–Crippen MR) is 93.0 cm³/mol. The first-order valence-corrected chi connectivity index (χ1v) is 7.85. The van der Waals surface area contributed by atoms with E-state index in [9.17, 15) is 22.8 Å². The van der Waals surface area contributed by atoms with E-state index in [0.717, 1.165) is 12.1 Å². The molecular formula is C17H15ClF3N3O2. The molecular weight excluding hydrogens is 371 g/mol. The van der Waals surface area contributed by atoms with Crippen LogP contribution < -0.4 is 16.0 Å². The molecule has 2 aromatic carbocycles. The first-order chi connectivity index (χ1) is 12.2. The van der Waals surface area contributed by atoms with Crippen molar-refractivity contribution in [2.45, 2.75) is 6.18 Å². The molecule has 0 aliphatic rings. The Bertz CT molecular complexity index is 780. The van der Waals surface area contributed by atoms with E-state index in [0.29, 0.717) is 10.7 Å². The van der Waals surface area contributed by atoms with Gasteiger partial charge in [0.05, 0.1) is 18.7 Å². The van der Waals surface area contributed by atoms with Crippen LogP contribution in [0.1, 0.15) is 5.56 Å². The molecule has 9 heteroatoms. The molecule has 0 aliphatic heterocycles. The molecule has 5 nitrogen and oxygen atoms in total. The topological polar surface area (TPSA) is 70.2 Å². The Morgan fingerprint density at radius 3 is 2.27 bits per heavy atom. The van der Waals surface area contributed by atoms with Crippen molar-refractivity contribution in [3.63, 3.8) is 0 Å². The minimum absolute atomic E-state index is 0.153. The van der Waals surface area contributed by atoms with Crippen molar-refractivity contribution in [1.82, 2.24) is 5.32 Å². The number of carbonyl (C=O) groups excluding carboxylic acids is 2. The predicted octanol–water partition coefficient (Wildman–Crippen LogP) is 3.53. The lowest BCUT2D eigenvalue weighted by Crippen LogP contribution is -2.36. The monoisotopic (exact) mass is 385 g/mol. The number of carbonyl (C=O) groups is 2. The van der Waals surface area contributed by atoms with Gasteiger partial charge < -0.3 is 16.0 Å². The smallest absolute Gasteiger partial charge is 0.376 e. The van der Waals surface area contributed by atoms with E-state index in [1.165, 1.54) is 12.1 Å². The second-order valence-electron chi connectivity index (χ2n) is 5.26. The van der Waals surface area contributed by atoms with E-state index in [2.05, 4.69) is 16.0 Å². The Hall–Kier alpha value is -2.74. The largest absolute Gasteiger partial charge is 0.416 e. The van der Waals surface area contributed by atoms with Crippen molar-refractivity contribution in [1.29, 1.82) is 0 Å². The SMILES string of the molecule is O=C(CNc1cccc(C(F)(F)F)c1)NCC(=O)Nc1ccc(Cl)cc1. The minimum Gasteiger partial charge on any atom is -0.376 e. The number of amides is 2. The van der Waals surface area contributed by atoms with Crippen molar-refractivity contribution >= 4 is 34.8 Å². The fraction of sp³-hybridized carbons (Fsp3) is 0.176. The Labute approximate surface area is 152 Å². The standard InChI is InChI=1S/C17H15ClF3N3O2/c18-12-4-6-13(7-5-12)24-16(26)10-23-15(25)9-22-14-3-1-2-11(8-14)17(19,20)21/h1-8,22H,9-10H2,(H,23,25)(H,24,26). The second-order valence-corrected chi connectivity index (χ2v) is 5.70. The number of alkyl halides is 3. The molecule has 0 fully saturated rings. The summed E-state index contributed by atoms with van der Waals surface area (Å²) >= 11 is 5.73. The number of rotatable bonds is 6. The fourth-order valence-electron chi connectivity index (χ4n) is 1.97. The lowest BCUT2D eigenvalue weighted by molar-refractivity contribution is -0.137. The van der Waals surface area contributed by atoms with Gasteiger partial charge in [0.1, 0.15) is 0 Å². The van der Waals surface area contributed by atoms with Gasteiger partial charge in [-0.3, -0.25) is 9.59 Å². The van der Waals surface area contributed by atoms with Gasteiger partial charge in [0, 0.05) is 16.4 Å². The molecule has 0 saturated heterocycles. The zero-order valence-corrected chi connectivity index (χ0v) is 14.1. The van der Waals surface area contributed by atoms with E-state index in [-0.39, 0.29) is 18.8 Å². The van der Waals surface area contributed by atoms with Crippen LogP contribution in [0.3, 0.4) is 0 Å². The highest BCUT2D eigenvalue weighted by molar-refractivity contribution is 6.30. The van der Waals surface area contributed by atoms with Crippen LogP contribution in [0.25, 0.3) is 0 Å². The Morgan fingerprint density at radius 2 is 1.62 bits per heavy atom. The van der Waals surface area contributed by atoms with Gasteiger partial charge in [-0.1, -0.05) is 17.7 Å². The van der Waals surface area contributed by atoms with E-state index in [4.69, 9.17) is 11.6 Å². The maximum atomic E-state index is 12.6. The van der Waals surface area contributed by atoms with Crippen LogP contribution in [0.15, 0.2) is 48.5 Å². The normalized spacial score (nSPS) is 10.9. The average Bonchev–Trinajstić information content (AvgIpc) is 2.60. The third-order valence-corrected chi connectivity index (χ3v) is 3.47. The van der Waals surface area contributed by atoms with Crippen molar-refractivity contribution in [2.24, 2.45) is 0 Å². The highest BCUT2D eigenvalue weighted by Crippen LogP contribution is 2.30. The number of hydrogen-bond acceptors (Lipinski definition) is 3. The van der Waals surface area contributed by atoms with Crippen molar-refractivity contribution in [2.75, 3.05) is 23.7 Å². The van der Waals surface area contributed by atoms with Crippen LogP contribution in [0, 0.1) is 0 Å². The molecule has 0 saturated carbocycles. The van der Waals surface area contributed by atoms with Crippen LogP contribution in [0.4, 0.5) is 24.5 Å². The Balaban J connectivity index is 1.77. The van der Waals surface area contributed by atoms with Crippen LogP contribution >= 0.6 is 11.6 Å². The van der Waals surface area contributed by atoms with Gasteiger partial charge in [0.15, 0.2) is 0 Å². The molecule has 0 spiro atoms.